The minimum atomic E-state index is -0.536. The molecule has 0 unspecified atom stereocenters. The number of fused-ring (bicyclic) bond motifs is 5. The molecule has 2 aromatic carbocycles. The maximum Gasteiger partial charge on any atom is 0.348 e. The Morgan fingerprint density at radius 3 is 2.27 bits per heavy atom. The summed E-state index contributed by atoms with van der Waals surface area (Å²) >= 11 is 0. The summed E-state index contributed by atoms with van der Waals surface area (Å²) in [6, 6.07) is 6.51. The zero-order valence-corrected chi connectivity index (χ0v) is 17.5. The van der Waals surface area contributed by atoms with Crippen LogP contribution in [0, 0.1) is 0 Å². The lowest BCUT2D eigenvalue weighted by Gasteiger charge is -2.05. The second-order valence-corrected chi connectivity index (χ2v) is 8.08. The first-order valence-electron chi connectivity index (χ1n) is 9.88. The molecular formula is C25H24O5. The van der Waals surface area contributed by atoms with Crippen LogP contribution in [0.1, 0.15) is 38.8 Å². The van der Waals surface area contributed by atoms with Gasteiger partial charge in [-0.3, -0.25) is 0 Å². The molecule has 2 N–H and O–H groups in total. The molecule has 4 rings (SSSR count). The number of rotatable bonds is 4. The summed E-state index contributed by atoms with van der Waals surface area (Å²) in [4.78, 5) is 12.7. The second-order valence-electron chi connectivity index (χ2n) is 8.08. The lowest BCUT2D eigenvalue weighted by atomic mass is 10.0. The van der Waals surface area contributed by atoms with Crippen molar-refractivity contribution in [2.45, 2.75) is 40.5 Å². The third-order valence-corrected chi connectivity index (χ3v) is 5.21. The monoisotopic (exact) mass is 404 g/mol. The van der Waals surface area contributed by atoms with Crippen molar-refractivity contribution in [3.63, 3.8) is 0 Å². The Kier molecular flexibility index (Phi) is 4.90. The first-order chi connectivity index (χ1) is 14.3. The van der Waals surface area contributed by atoms with Gasteiger partial charge in [-0.25, -0.2) is 4.79 Å². The molecule has 0 atom stereocenters. The molecule has 0 aliphatic carbocycles. The molecule has 0 aliphatic heterocycles. The van der Waals surface area contributed by atoms with Crippen LogP contribution in [0.2, 0.25) is 0 Å². The molecule has 0 saturated carbocycles. The van der Waals surface area contributed by atoms with E-state index in [0.29, 0.717) is 51.3 Å². The van der Waals surface area contributed by atoms with E-state index in [1.54, 1.807) is 18.2 Å². The van der Waals surface area contributed by atoms with Gasteiger partial charge in [0.25, 0.3) is 0 Å². The molecule has 0 fully saturated rings. The number of hydrogen-bond donors (Lipinski definition) is 2. The van der Waals surface area contributed by atoms with E-state index in [-0.39, 0.29) is 17.1 Å². The number of phenols is 2. The van der Waals surface area contributed by atoms with E-state index in [1.165, 1.54) is 6.07 Å². The zero-order chi connectivity index (χ0) is 21.6. The van der Waals surface area contributed by atoms with Crippen LogP contribution in [0.15, 0.2) is 61.2 Å². The van der Waals surface area contributed by atoms with Crippen LogP contribution in [-0.2, 0) is 12.8 Å². The smallest absolute Gasteiger partial charge is 0.348 e. The van der Waals surface area contributed by atoms with Crippen molar-refractivity contribution >= 4 is 32.9 Å². The summed E-state index contributed by atoms with van der Waals surface area (Å²) in [5.41, 5.74) is 4.20. The lowest BCUT2D eigenvalue weighted by molar-refractivity contribution is 0.467. The van der Waals surface area contributed by atoms with Crippen molar-refractivity contribution in [2.24, 2.45) is 0 Å². The average Bonchev–Trinajstić information content (AvgIpc) is 3.06. The van der Waals surface area contributed by atoms with Gasteiger partial charge in [-0.1, -0.05) is 23.3 Å². The van der Waals surface area contributed by atoms with Gasteiger partial charge in [0.1, 0.15) is 28.1 Å². The van der Waals surface area contributed by atoms with Gasteiger partial charge in [-0.2, -0.15) is 0 Å². The van der Waals surface area contributed by atoms with E-state index < -0.39 is 5.63 Å². The highest BCUT2D eigenvalue weighted by Gasteiger charge is 2.20. The van der Waals surface area contributed by atoms with E-state index in [1.807, 2.05) is 39.8 Å². The number of furan rings is 1. The summed E-state index contributed by atoms with van der Waals surface area (Å²) in [5, 5.41) is 22.3. The summed E-state index contributed by atoms with van der Waals surface area (Å²) in [7, 11) is 0. The van der Waals surface area contributed by atoms with Crippen molar-refractivity contribution < 1.29 is 19.0 Å². The molecule has 2 aromatic heterocycles. The summed E-state index contributed by atoms with van der Waals surface area (Å²) in [6.45, 7) is 7.96. The third-order valence-electron chi connectivity index (χ3n) is 5.21. The van der Waals surface area contributed by atoms with Crippen molar-refractivity contribution in [1.29, 1.82) is 0 Å². The van der Waals surface area contributed by atoms with Gasteiger partial charge in [0.15, 0.2) is 5.58 Å². The second kappa shape index (κ2) is 7.41. The Balaban J connectivity index is 2.06. The highest BCUT2D eigenvalue weighted by Crippen LogP contribution is 2.38. The number of benzene rings is 2. The van der Waals surface area contributed by atoms with Crippen LogP contribution in [0.25, 0.3) is 32.9 Å². The van der Waals surface area contributed by atoms with Gasteiger partial charge in [0.05, 0.1) is 5.39 Å². The van der Waals surface area contributed by atoms with Crippen molar-refractivity contribution in [1.82, 2.24) is 0 Å². The maximum absolute atomic E-state index is 12.7. The molecule has 0 bridgehead atoms. The number of allylic oxidation sites excluding steroid dienone is 4. The Labute approximate surface area is 173 Å². The van der Waals surface area contributed by atoms with Crippen LogP contribution in [-0.4, -0.2) is 10.2 Å². The molecule has 0 spiro atoms. The molecule has 5 nitrogen and oxygen atoms in total. The zero-order valence-electron chi connectivity index (χ0n) is 17.5. The van der Waals surface area contributed by atoms with Crippen molar-refractivity contribution in [2.75, 3.05) is 0 Å². The first kappa shape index (κ1) is 19.8. The topological polar surface area (TPSA) is 83.8 Å². The van der Waals surface area contributed by atoms with Gasteiger partial charge in [0, 0.05) is 17.0 Å². The van der Waals surface area contributed by atoms with E-state index >= 15 is 0 Å². The molecule has 0 saturated heterocycles. The summed E-state index contributed by atoms with van der Waals surface area (Å²) in [5.74, 6) is 0.190. The Hall–Kier alpha value is -3.47. The van der Waals surface area contributed by atoms with E-state index in [4.69, 9.17) is 8.83 Å². The average molecular weight is 404 g/mol. The quantitative estimate of drug-likeness (QED) is 0.316. The summed E-state index contributed by atoms with van der Waals surface area (Å²) in [6.07, 6.45) is 5.06. The van der Waals surface area contributed by atoms with Crippen molar-refractivity contribution in [3.05, 3.63) is 69.1 Å². The number of hydrogen-bond acceptors (Lipinski definition) is 5. The van der Waals surface area contributed by atoms with Crippen LogP contribution in [0.5, 0.6) is 11.5 Å². The SMILES string of the molecule is CC(C)=CCc1cc2c(cc1O)oc(=O)c1c3ccc(O)c(CC=C(C)C)c3oc21. The predicted molar refractivity (Wildman–Crippen MR) is 119 cm³/mol. The highest BCUT2D eigenvalue weighted by molar-refractivity contribution is 6.14. The standard InChI is InChI=1S/C25H24O5/c1-13(2)5-7-15-11-18-21(12-20(15)27)29-25(28)22-17-9-10-19(26)16(8-6-14(3)4)23(17)30-24(18)22/h5-6,9-12,26-27H,7-8H2,1-4H3. The predicted octanol–water partition coefficient (Wildman–Crippen LogP) is 6.12. The first-order valence-corrected chi connectivity index (χ1v) is 9.88. The Morgan fingerprint density at radius 1 is 0.867 bits per heavy atom. The fourth-order valence-corrected chi connectivity index (χ4v) is 3.61. The van der Waals surface area contributed by atoms with Crippen LogP contribution in [0.3, 0.4) is 0 Å². The van der Waals surface area contributed by atoms with Crippen LogP contribution in [0.4, 0.5) is 0 Å². The van der Waals surface area contributed by atoms with E-state index in [0.717, 1.165) is 11.1 Å². The molecule has 2 heterocycles. The van der Waals surface area contributed by atoms with Gasteiger partial charge in [-0.15, -0.1) is 0 Å². The summed E-state index contributed by atoms with van der Waals surface area (Å²) < 4.78 is 11.7. The molecular weight excluding hydrogens is 380 g/mol. The van der Waals surface area contributed by atoms with Crippen LogP contribution >= 0.6 is 0 Å². The normalized spacial score (nSPS) is 11.3. The maximum atomic E-state index is 12.7. The number of phenolic OH excluding ortho intramolecular Hbond substituents is 2. The molecule has 154 valence electrons. The number of aromatic hydroxyl groups is 2. The fourth-order valence-electron chi connectivity index (χ4n) is 3.61. The largest absolute Gasteiger partial charge is 0.508 e. The minimum Gasteiger partial charge on any atom is -0.508 e. The van der Waals surface area contributed by atoms with Gasteiger partial charge in [-0.05, 0) is 64.3 Å². The van der Waals surface area contributed by atoms with E-state index in [2.05, 4.69) is 0 Å². The minimum absolute atomic E-state index is 0.0699. The van der Waals surface area contributed by atoms with Crippen molar-refractivity contribution in [3.8, 4) is 11.5 Å². The van der Waals surface area contributed by atoms with Gasteiger partial charge < -0.3 is 19.0 Å². The Bertz CT molecular complexity index is 1410. The molecule has 0 amide bonds. The highest BCUT2D eigenvalue weighted by atomic mass is 16.4. The van der Waals surface area contributed by atoms with E-state index in [9.17, 15) is 15.0 Å². The fraction of sp³-hybridized carbons (Fsp3) is 0.240. The molecule has 30 heavy (non-hydrogen) atoms. The molecule has 5 heteroatoms. The Morgan fingerprint density at radius 2 is 1.57 bits per heavy atom. The van der Waals surface area contributed by atoms with Gasteiger partial charge >= 0.3 is 5.63 Å². The lowest BCUT2D eigenvalue weighted by Crippen LogP contribution is -1.99. The third kappa shape index (κ3) is 3.36. The van der Waals surface area contributed by atoms with Crippen LogP contribution < -0.4 is 5.63 Å². The van der Waals surface area contributed by atoms with Gasteiger partial charge in [0.2, 0.25) is 0 Å². The molecule has 4 aromatic rings. The molecule has 0 radical (unpaired) electrons. The molecule has 0 aliphatic rings.